The third kappa shape index (κ3) is 4.09. The van der Waals surface area contributed by atoms with Crippen LogP contribution in [0.3, 0.4) is 0 Å². The minimum Gasteiger partial charge on any atom is -0.440 e. The molecule has 4 aromatic rings. The second-order valence-electron chi connectivity index (χ2n) is 7.96. The van der Waals surface area contributed by atoms with Crippen molar-refractivity contribution in [1.82, 2.24) is 14.9 Å². The van der Waals surface area contributed by atoms with Crippen LogP contribution in [0, 0.1) is 17.5 Å². The first kappa shape index (κ1) is 21.2. The van der Waals surface area contributed by atoms with Crippen LogP contribution in [0.2, 0.25) is 0 Å². The first-order valence-electron chi connectivity index (χ1n) is 10.7. The molecule has 0 atom stereocenters. The fourth-order valence-electron chi connectivity index (χ4n) is 4.09. The van der Waals surface area contributed by atoms with Gasteiger partial charge in [0.15, 0.2) is 11.7 Å². The van der Waals surface area contributed by atoms with Gasteiger partial charge in [0.25, 0.3) is 5.56 Å². The Morgan fingerprint density at radius 2 is 1.58 bits per heavy atom. The number of rotatable bonds is 4. The maximum atomic E-state index is 14.4. The molecule has 1 aliphatic rings. The molecule has 3 heterocycles. The van der Waals surface area contributed by atoms with Crippen LogP contribution in [0.15, 0.2) is 70.0 Å². The molecule has 0 bridgehead atoms. The molecular formula is C25H20F3N3O2. The van der Waals surface area contributed by atoms with E-state index >= 15 is 0 Å². The highest BCUT2D eigenvalue weighted by Crippen LogP contribution is 2.36. The summed E-state index contributed by atoms with van der Waals surface area (Å²) < 4.78 is 49.4. The molecule has 2 aromatic heterocycles. The van der Waals surface area contributed by atoms with Gasteiger partial charge in [0.2, 0.25) is 0 Å². The highest BCUT2D eigenvalue weighted by atomic mass is 19.1. The topological polar surface area (TPSA) is 60.1 Å². The summed E-state index contributed by atoms with van der Waals surface area (Å²) in [5.41, 5.74) is 0.415. The predicted octanol–water partition coefficient (Wildman–Crippen LogP) is 5.04. The molecule has 0 radical (unpaired) electrons. The average Bonchev–Trinajstić information content (AvgIpc) is 3.27. The van der Waals surface area contributed by atoms with Crippen LogP contribution < -0.4 is 10.9 Å². The summed E-state index contributed by atoms with van der Waals surface area (Å²) in [6.45, 7) is 1.68. The van der Waals surface area contributed by atoms with Gasteiger partial charge in [-0.15, -0.1) is 0 Å². The lowest BCUT2D eigenvalue weighted by Crippen LogP contribution is -2.26. The van der Waals surface area contributed by atoms with Crippen molar-refractivity contribution in [2.75, 3.05) is 13.1 Å². The second-order valence-corrected chi connectivity index (χ2v) is 7.96. The lowest BCUT2D eigenvalue weighted by Gasteiger charge is -2.19. The van der Waals surface area contributed by atoms with E-state index in [9.17, 15) is 18.0 Å². The van der Waals surface area contributed by atoms with Crippen LogP contribution in [0.5, 0.6) is 0 Å². The van der Waals surface area contributed by atoms with Gasteiger partial charge in [0.1, 0.15) is 28.8 Å². The molecule has 8 heteroatoms. The van der Waals surface area contributed by atoms with Crippen molar-refractivity contribution in [1.29, 1.82) is 0 Å². The number of benzene rings is 2. The summed E-state index contributed by atoms with van der Waals surface area (Å²) in [5.74, 6) is -1.05. The minimum absolute atomic E-state index is 0.106. The number of hydrogen-bond acceptors (Lipinski definition) is 4. The number of nitrogens with one attached hydrogen (secondary N) is 1. The van der Waals surface area contributed by atoms with Crippen molar-refractivity contribution in [3.8, 4) is 28.3 Å². The largest absolute Gasteiger partial charge is 0.440 e. The van der Waals surface area contributed by atoms with Crippen LogP contribution in [0.4, 0.5) is 13.2 Å². The molecule has 1 saturated heterocycles. The molecule has 1 aliphatic heterocycles. The fraction of sp³-hybridized carbons (Fsp3) is 0.200. The van der Waals surface area contributed by atoms with E-state index in [0.29, 0.717) is 28.5 Å². The monoisotopic (exact) mass is 451 g/mol. The molecule has 1 fully saturated rings. The Labute approximate surface area is 187 Å². The lowest BCUT2D eigenvalue weighted by atomic mass is 9.98. The van der Waals surface area contributed by atoms with Crippen molar-refractivity contribution in [2.45, 2.75) is 18.8 Å². The normalized spacial score (nSPS) is 14.5. The van der Waals surface area contributed by atoms with E-state index in [0.717, 1.165) is 42.6 Å². The summed E-state index contributed by atoms with van der Waals surface area (Å²) in [5, 5.41) is 3.30. The number of hydrogen-bond donors (Lipinski definition) is 1. The zero-order valence-corrected chi connectivity index (χ0v) is 17.5. The van der Waals surface area contributed by atoms with Crippen molar-refractivity contribution >= 4 is 0 Å². The van der Waals surface area contributed by atoms with Crippen LogP contribution in [0.25, 0.3) is 28.3 Å². The standard InChI is InChI=1S/C25H20F3N3O2/c26-18-7-4-15(5-8-18)24-22(30-25(33-24)16-10-12-29-13-11-16)17-6-9-21(32)31(14-17)23-19(27)2-1-3-20(23)28/h1-9,14,16,29H,10-13H2. The highest BCUT2D eigenvalue weighted by molar-refractivity contribution is 5.76. The smallest absolute Gasteiger partial charge is 0.255 e. The van der Waals surface area contributed by atoms with E-state index < -0.39 is 22.9 Å². The second kappa shape index (κ2) is 8.71. The molecule has 0 aliphatic carbocycles. The highest BCUT2D eigenvalue weighted by Gasteiger charge is 2.25. The van der Waals surface area contributed by atoms with Crippen molar-refractivity contribution < 1.29 is 17.6 Å². The molecule has 2 aromatic carbocycles. The van der Waals surface area contributed by atoms with E-state index in [4.69, 9.17) is 9.40 Å². The quantitative estimate of drug-likeness (QED) is 0.472. The molecular weight excluding hydrogens is 431 g/mol. The van der Waals surface area contributed by atoms with Crippen molar-refractivity contribution in [2.24, 2.45) is 0 Å². The Kier molecular flexibility index (Phi) is 5.60. The molecule has 5 rings (SSSR count). The van der Waals surface area contributed by atoms with Gasteiger partial charge in [-0.3, -0.25) is 9.36 Å². The number of para-hydroxylation sites is 1. The summed E-state index contributed by atoms with van der Waals surface area (Å²) in [6.07, 6.45) is 3.05. The molecule has 0 amide bonds. The third-order valence-corrected chi connectivity index (χ3v) is 5.80. The molecule has 168 valence electrons. The van der Waals surface area contributed by atoms with Crippen LogP contribution in [0.1, 0.15) is 24.7 Å². The van der Waals surface area contributed by atoms with Gasteiger partial charge in [-0.25, -0.2) is 18.2 Å². The van der Waals surface area contributed by atoms with Gasteiger partial charge in [0, 0.05) is 29.3 Å². The number of piperidine rings is 1. The fourth-order valence-corrected chi connectivity index (χ4v) is 4.09. The SMILES string of the molecule is O=c1ccc(-c2nc(C3CCNCC3)oc2-c2ccc(F)cc2)cn1-c1c(F)cccc1F. The summed E-state index contributed by atoms with van der Waals surface area (Å²) in [7, 11) is 0. The predicted molar refractivity (Wildman–Crippen MR) is 118 cm³/mol. The van der Waals surface area contributed by atoms with Crippen LogP contribution in [-0.4, -0.2) is 22.6 Å². The summed E-state index contributed by atoms with van der Waals surface area (Å²) >= 11 is 0. The van der Waals surface area contributed by atoms with Gasteiger partial charge >= 0.3 is 0 Å². The van der Waals surface area contributed by atoms with Gasteiger partial charge < -0.3 is 9.73 Å². The number of oxazole rings is 1. The summed E-state index contributed by atoms with van der Waals surface area (Å²) in [4.78, 5) is 17.2. The van der Waals surface area contributed by atoms with E-state index in [2.05, 4.69) is 5.32 Å². The van der Waals surface area contributed by atoms with Crippen LogP contribution >= 0.6 is 0 Å². The molecule has 1 N–H and O–H groups in total. The number of pyridine rings is 1. The minimum atomic E-state index is -0.858. The zero-order chi connectivity index (χ0) is 22.9. The maximum Gasteiger partial charge on any atom is 0.255 e. The van der Waals surface area contributed by atoms with Crippen LogP contribution in [-0.2, 0) is 0 Å². The van der Waals surface area contributed by atoms with Crippen molar-refractivity contribution in [3.05, 3.63) is 94.5 Å². The van der Waals surface area contributed by atoms with Crippen molar-refractivity contribution in [3.63, 3.8) is 0 Å². The number of nitrogens with zero attached hydrogens (tertiary/aromatic N) is 2. The van der Waals surface area contributed by atoms with Gasteiger partial charge in [-0.1, -0.05) is 6.07 Å². The van der Waals surface area contributed by atoms with E-state index in [1.807, 2.05) is 0 Å². The maximum absolute atomic E-state index is 14.4. The zero-order valence-electron chi connectivity index (χ0n) is 17.5. The third-order valence-electron chi connectivity index (χ3n) is 5.80. The Morgan fingerprint density at radius 1 is 0.909 bits per heavy atom. The number of aromatic nitrogens is 2. The Morgan fingerprint density at radius 3 is 2.27 bits per heavy atom. The molecule has 0 saturated carbocycles. The Bertz CT molecular complexity index is 1340. The van der Waals surface area contributed by atoms with E-state index in [1.165, 1.54) is 36.5 Å². The first-order chi connectivity index (χ1) is 16.0. The lowest BCUT2D eigenvalue weighted by molar-refractivity contribution is 0.378. The van der Waals surface area contributed by atoms with Gasteiger partial charge in [-0.05, 0) is 68.4 Å². The molecule has 5 nitrogen and oxygen atoms in total. The molecule has 0 spiro atoms. The summed E-state index contributed by atoms with van der Waals surface area (Å²) in [6, 6.07) is 12.0. The first-order valence-corrected chi connectivity index (χ1v) is 10.7. The van der Waals surface area contributed by atoms with E-state index in [1.54, 1.807) is 12.1 Å². The van der Waals surface area contributed by atoms with E-state index in [-0.39, 0.29) is 11.7 Å². The average molecular weight is 451 g/mol. The molecule has 33 heavy (non-hydrogen) atoms. The molecule has 0 unspecified atom stereocenters. The Hall–Kier alpha value is -3.65. The Balaban J connectivity index is 1.67. The van der Waals surface area contributed by atoms with Gasteiger partial charge in [0.05, 0.1) is 0 Å². The number of halogens is 3. The van der Waals surface area contributed by atoms with Gasteiger partial charge in [-0.2, -0.15) is 0 Å².